The lowest BCUT2D eigenvalue weighted by molar-refractivity contribution is 0.109. The van der Waals surface area contributed by atoms with Gasteiger partial charge in [0.1, 0.15) is 5.82 Å². The Morgan fingerprint density at radius 1 is 1.07 bits per heavy atom. The number of hydrogen-bond acceptors (Lipinski definition) is 0. The quantitative estimate of drug-likeness (QED) is 0.657. The Morgan fingerprint density at radius 3 is 1.86 bits per heavy atom. The third-order valence-corrected chi connectivity index (χ3v) is 3.23. The number of benzene rings is 1. The van der Waals surface area contributed by atoms with Crippen LogP contribution < -0.4 is 0 Å². The van der Waals surface area contributed by atoms with Crippen LogP contribution in [-0.4, -0.2) is 10.3 Å². The fraction of sp³-hybridized carbons (Fsp3) is 0.333. The summed E-state index contributed by atoms with van der Waals surface area (Å²) in [4.78, 5) is 0. The van der Waals surface area contributed by atoms with E-state index in [1.54, 1.807) is 0 Å². The molecule has 0 spiro atoms. The summed E-state index contributed by atoms with van der Waals surface area (Å²) in [5, 5.41) is 0. The van der Waals surface area contributed by atoms with Gasteiger partial charge >= 0.3 is 0 Å². The molecule has 1 aromatic rings. The van der Waals surface area contributed by atoms with E-state index >= 15 is 0 Å². The first-order chi connectivity index (χ1) is 6.37. The molecule has 2 rings (SSSR count). The van der Waals surface area contributed by atoms with Gasteiger partial charge in [-0.1, -0.05) is 35.3 Å². The number of hydrogen-bond donors (Lipinski definition) is 0. The van der Waals surface area contributed by atoms with Crippen molar-refractivity contribution in [2.75, 3.05) is 0 Å². The van der Waals surface area contributed by atoms with Crippen LogP contribution in [0.15, 0.2) is 24.3 Å². The van der Waals surface area contributed by atoms with Crippen LogP contribution in [0.2, 0.25) is 0 Å². The molecule has 1 unspecified atom stereocenters. The van der Waals surface area contributed by atoms with Crippen LogP contribution in [0.25, 0.3) is 0 Å². The van der Waals surface area contributed by atoms with E-state index in [1.807, 2.05) is 0 Å². The van der Waals surface area contributed by atoms with Crippen molar-refractivity contribution < 1.29 is 13.2 Å². The monoisotopic (exact) mass is 240 g/mol. The maximum Gasteiger partial charge on any atom is 0.291 e. The van der Waals surface area contributed by atoms with Crippen molar-refractivity contribution in [3.8, 4) is 0 Å². The summed E-state index contributed by atoms with van der Waals surface area (Å²) in [7, 11) is 0. The molecule has 5 heteroatoms. The van der Waals surface area contributed by atoms with E-state index in [9.17, 15) is 13.2 Å². The second-order valence-electron chi connectivity index (χ2n) is 3.23. The third kappa shape index (κ3) is 1.22. The molecule has 1 aliphatic rings. The van der Waals surface area contributed by atoms with Crippen LogP contribution in [-0.2, 0) is 0 Å². The minimum atomic E-state index is -3.13. The largest absolute Gasteiger partial charge is 0.291 e. The van der Waals surface area contributed by atoms with Gasteiger partial charge in [-0.3, -0.25) is 0 Å². The standard InChI is InChI=1S/C9H5Cl2F3/c10-8(11)7(9(8,13)14)5-1-3-6(12)4-2-5/h1-4,7H. The average Bonchev–Trinajstić information content (AvgIpc) is 2.46. The maximum atomic E-state index is 13.0. The lowest BCUT2D eigenvalue weighted by Crippen LogP contribution is -1.99. The molecule has 1 aromatic carbocycles. The predicted octanol–water partition coefficient (Wildman–Crippen LogP) is 3.73. The van der Waals surface area contributed by atoms with Crippen molar-refractivity contribution in [2.45, 2.75) is 16.2 Å². The molecule has 0 radical (unpaired) electrons. The smallest absolute Gasteiger partial charge is 0.207 e. The van der Waals surface area contributed by atoms with Crippen molar-refractivity contribution in [3.63, 3.8) is 0 Å². The van der Waals surface area contributed by atoms with Gasteiger partial charge in [0.05, 0.1) is 5.92 Å². The van der Waals surface area contributed by atoms with E-state index in [4.69, 9.17) is 23.2 Å². The molecule has 1 atom stereocenters. The molecule has 1 fully saturated rings. The molecule has 0 amide bonds. The summed E-state index contributed by atoms with van der Waals surface area (Å²) >= 11 is 10.8. The van der Waals surface area contributed by atoms with Gasteiger partial charge < -0.3 is 0 Å². The molecule has 14 heavy (non-hydrogen) atoms. The SMILES string of the molecule is Fc1ccc(C2C(F)(F)C2(Cl)Cl)cc1. The summed E-state index contributed by atoms with van der Waals surface area (Å²) in [5.74, 6) is -4.85. The molecule has 76 valence electrons. The highest BCUT2D eigenvalue weighted by atomic mass is 35.5. The zero-order valence-corrected chi connectivity index (χ0v) is 8.29. The molecule has 0 nitrogen and oxygen atoms in total. The first-order valence-electron chi connectivity index (χ1n) is 3.88. The van der Waals surface area contributed by atoms with Crippen LogP contribution in [0.3, 0.4) is 0 Å². The predicted molar refractivity (Wildman–Crippen MR) is 48.5 cm³/mol. The number of rotatable bonds is 1. The van der Waals surface area contributed by atoms with Gasteiger partial charge in [0.15, 0.2) is 4.33 Å². The summed E-state index contributed by atoms with van der Waals surface area (Å²) in [5.41, 5.74) is 0.251. The first-order valence-corrected chi connectivity index (χ1v) is 4.64. The van der Waals surface area contributed by atoms with E-state index in [0.29, 0.717) is 0 Å². The van der Waals surface area contributed by atoms with Crippen molar-refractivity contribution in [3.05, 3.63) is 35.6 Å². The second-order valence-corrected chi connectivity index (χ2v) is 4.62. The topological polar surface area (TPSA) is 0 Å². The molecular formula is C9H5Cl2F3. The van der Waals surface area contributed by atoms with E-state index in [2.05, 4.69) is 0 Å². The Balaban J connectivity index is 2.32. The summed E-state index contributed by atoms with van der Waals surface area (Å²) in [6, 6.07) is 4.74. The van der Waals surface area contributed by atoms with Gasteiger partial charge in [-0.05, 0) is 17.7 Å². The number of halogens is 5. The fourth-order valence-electron chi connectivity index (χ4n) is 1.42. The van der Waals surface area contributed by atoms with E-state index in [-0.39, 0.29) is 5.56 Å². The van der Waals surface area contributed by atoms with Crippen LogP contribution >= 0.6 is 23.2 Å². The van der Waals surface area contributed by atoms with Gasteiger partial charge in [-0.25, -0.2) is 13.2 Å². The zero-order valence-electron chi connectivity index (χ0n) is 6.78. The second kappa shape index (κ2) is 2.80. The lowest BCUT2D eigenvalue weighted by atomic mass is 10.1. The van der Waals surface area contributed by atoms with Gasteiger partial charge in [-0.2, -0.15) is 0 Å². The Kier molecular flexibility index (Phi) is 2.02. The molecule has 0 N–H and O–H groups in total. The van der Waals surface area contributed by atoms with Crippen LogP contribution in [0.4, 0.5) is 13.2 Å². The zero-order chi connectivity index (χ0) is 10.6. The summed E-state index contributed by atoms with van der Waals surface area (Å²) < 4.78 is 36.5. The van der Waals surface area contributed by atoms with Gasteiger partial charge in [0, 0.05) is 0 Å². The Labute approximate surface area is 88.6 Å². The highest BCUT2D eigenvalue weighted by molar-refractivity contribution is 6.52. The molecule has 0 aliphatic heterocycles. The highest BCUT2D eigenvalue weighted by Crippen LogP contribution is 2.70. The third-order valence-electron chi connectivity index (χ3n) is 2.29. The van der Waals surface area contributed by atoms with Gasteiger partial charge in [-0.15, -0.1) is 0 Å². The normalized spacial score (nSPS) is 27.4. The lowest BCUT2D eigenvalue weighted by Gasteiger charge is -1.97. The van der Waals surface area contributed by atoms with Gasteiger partial charge in [0.2, 0.25) is 0 Å². The molecule has 1 aliphatic carbocycles. The Bertz CT molecular complexity index is 345. The summed E-state index contributed by atoms with van der Waals surface area (Å²) in [6.45, 7) is 0. The number of alkyl halides is 4. The van der Waals surface area contributed by atoms with Crippen LogP contribution in [0, 0.1) is 5.82 Å². The first kappa shape index (κ1) is 10.1. The van der Waals surface area contributed by atoms with E-state index in [0.717, 1.165) is 12.1 Å². The van der Waals surface area contributed by atoms with Crippen molar-refractivity contribution in [2.24, 2.45) is 0 Å². The molecule has 0 saturated heterocycles. The average molecular weight is 241 g/mol. The van der Waals surface area contributed by atoms with E-state index in [1.165, 1.54) is 12.1 Å². The molecule has 0 aromatic heterocycles. The van der Waals surface area contributed by atoms with Crippen LogP contribution in [0.1, 0.15) is 11.5 Å². The molecule has 0 heterocycles. The Hall–Kier alpha value is -0.410. The van der Waals surface area contributed by atoms with Crippen molar-refractivity contribution in [1.82, 2.24) is 0 Å². The van der Waals surface area contributed by atoms with Crippen molar-refractivity contribution in [1.29, 1.82) is 0 Å². The Morgan fingerprint density at radius 2 is 1.50 bits per heavy atom. The molecule has 1 saturated carbocycles. The minimum absolute atomic E-state index is 0.251. The molecule has 0 bridgehead atoms. The van der Waals surface area contributed by atoms with Crippen LogP contribution in [0.5, 0.6) is 0 Å². The summed E-state index contributed by atoms with van der Waals surface area (Å²) in [6.07, 6.45) is 0. The maximum absolute atomic E-state index is 13.0. The minimum Gasteiger partial charge on any atom is -0.207 e. The van der Waals surface area contributed by atoms with Gasteiger partial charge in [0.25, 0.3) is 5.92 Å². The molecular weight excluding hydrogens is 236 g/mol. The van der Waals surface area contributed by atoms with Crippen molar-refractivity contribution >= 4 is 23.2 Å². The highest BCUT2D eigenvalue weighted by Gasteiger charge is 2.80. The fourth-order valence-corrected chi connectivity index (χ4v) is 2.05. The van der Waals surface area contributed by atoms with E-state index < -0.39 is 22.0 Å².